The van der Waals surface area contributed by atoms with E-state index in [0.29, 0.717) is 19.6 Å². The first-order valence-electron chi connectivity index (χ1n) is 9.42. The number of carbonyl (C=O) groups is 2. The summed E-state index contributed by atoms with van der Waals surface area (Å²) >= 11 is 6.09. The zero-order valence-corrected chi connectivity index (χ0v) is 17.9. The molecule has 2 amide bonds. The lowest BCUT2D eigenvalue weighted by atomic mass is 10.2. The van der Waals surface area contributed by atoms with E-state index >= 15 is 0 Å². The molecule has 29 heavy (non-hydrogen) atoms. The molecule has 0 aliphatic carbocycles. The first-order valence-corrected chi connectivity index (χ1v) is 11.2. The molecule has 2 N–H and O–H groups in total. The van der Waals surface area contributed by atoms with Gasteiger partial charge in [-0.2, -0.15) is 4.31 Å². The molecule has 0 radical (unpaired) electrons. The van der Waals surface area contributed by atoms with E-state index < -0.39 is 22.5 Å². The molecule has 1 aromatic rings. The lowest BCUT2D eigenvalue weighted by molar-refractivity contribution is -0.137. The van der Waals surface area contributed by atoms with Crippen molar-refractivity contribution in [3.63, 3.8) is 0 Å². The van der Waals surface area contributed by atoms with E-state index in [9.17, 15) is 18.0 Å². The van der Waals surface area contributed by atoms with Crippen LogP contribution in [0.4, 0.5) is 5.69 Å². The molecule has 1 aromatic carbocycles. The van der Waals surface area contributed by atoms with Gasteiger partial charge in [0.05, 0.1) is 18.2 Å². The molecular formula is C18H26ClN3O6S. The number of rotatable bonds is 10. The van der Waals surface area contributed by atoms with E-state index in [1.165, 1.54) is 22.5 Å². The Bertz CT molecular complexity index is 812. The van der Waals surface area contributed by atoms with E-state index in [4.69, 9.17) is 21.2 Å². The lowest BCUT2D eigenvalue weighted by Crippen LogP contribution is -2.40. The minimum Gasteiger partial charge on any atom is -0.379 e. The zero-order chi connectivity index (χ0) is 21.3. The van der Waals surface area contributed by atoms with E-state index in [1.807, 2.05) is 6.92 Å². The zero-order valence-electron chi connectivity index (χ0n) is 16.3. The van der Waals surface area contributed by atoms with Crippen LogP contribution in [0, 0.1) is 0 Å². The topological polar surface area (TPSA) is 114 Å². The molecule has 0 saturated carbocycles. The molecule has 1 aliphatic heterocycles. The van der Waals surface area contributed by atoms with E-state index in [2.05, 4.69) is 10.8 Å². The maximum absolute atomic E-state index is 12.8. The van der Waals surface area contributed by atoms with Crippen molar-refractivity contribution in [2.24, 2.45) is 0 Å². The van der Waals surface area contributed by atoms with Crippen LogP contribution in [-0.2, 0) is 29.2 Å². The van der Waals surface area contributed by atoms with Gasteiger partial charge in [0.1, 0.15) is 4.90 Å². The normalized spacial score (nSPS) is 15.1. The predicted octanol–water partition coefficient (Wildman–Crippen LogP) is 1.93. The fourth-order valence-corrected chi connectivity index (χ4v) is 4.58. The Morgan fingerprint density at radius 2 is 1.93 bits per heavy atom. The van der Waals surface area contributed by atoms with Crippen LogP contribution in [-0.4, -0.2) is 57.4 Å². The van der Waals surface area contributed by atoms with Crippen molar-refractivity contribution in [1.82, 2.24) is 9.79 Å². The van der Waals surface area contributed by atoms with E-state index in [0.717, 1.165) is 19.3 Å². The second-order valence-electron chi connectivity index (χ2n) is 6.48. The van der Waals surface area contributed by atoms with Gasteiger partial charge in [0.2, 0.25) is 15.9 Å². The Balaban J connectivity index is 1.92. The minimum absolute atomic E-state index is 0.0603. The van der Waals surface area contributed by atoms with Crippen molar-refractivity contribution in [2.75, 3.05) is 38.2 Å². The summed E-state index contributed by atoms with van der Waals surface area (Å²) < 4.78 is 32.1. The van der Waals surface area contributed by atoms with Crippen LogP contribution in [0.1, 0.15) is 32.6 Å². The highest BCUT2D eigenvalue weighted by Gasteiger charge is 2.28. The Hall–Kier alpha value is -1.72. The number of hydrogen-bond acceptors (Lipinski definition) is 6. The number of halogens is 1. The van der Waals surface area contributed by atoms with Gasteiger partial charge in [-0.1, -0.05) is 31.4 Å². The van der Waals surface area contributed by atoms with Crippen LogP contribution in [0.25, 0.3) is 0 Å². The van der Waals surface area contributed by atoms with E-state index in [1.54, 1.807) is 0 Å². The summed E-state index contributed by atoms with van der Waals surface area (Å²) in [6.07, 6.45) is 3.03. The number of carbonyl (C=O) groups excluding carboxylic acids is 2. The maximum atomic E-state index is 12.8. The van der Waals surface area contributed by atoms with Gasteiger partial charge in [-0.25, -0.2) is 13.9 Å². The van der Waals surface area contributed by atoms with Crippen molar-refractivity contribution in [2.45, 2.75) is 37.5 Å². The smallest absolute Gasteiger partial charge is 0.253 e. The van der Waals surface area contributed by atoms with Gasteiger partial charge in [-0.15, -0.1) is 0 Å². The van der Waals surface area contributed by atoms with Crippen LogP contribution in [0.3, 0.4) is 0 Å². The molecule has 9 nitrogen and oxygen atoms in total. The van der Waals surface area contributed by atoms with Gasteiger partial charge in [-0.3, -0.25) is 14.4 Å². The number of benzene rings is 1. The highest BCUT2D eigenvalue weighted by Crippen LogP contribution is 2.28. The van der Waals surface area contributed by atoms with Crippen molar-refractivity contribution in [3.05, 3.63) is 23.2 Å². The molecule has 1 heterocycles. The number of anilines is 1. The number of unbranched alkanes of at least 4 members (excludes halogenated alkanes) is 2. The van der Waals surface area contributed by atoms with Crippen LogP contribution < -0.4 is 10.8 Å². The molecule has 0 unspecified atom stereocenters. The minimum atomic E-state index is -3.81. The third kappa shape index (κ3) is 7.23. The monoisotopic (exact) mass is 447 g/mol. The molecule has 1 saturated heterocycles. The fourth-order valence-electron chi connectivity index (χ4n) is 2.67. The fraction of sp³-hybridized carbons (Fsp3) is 0.556. The van der Waals surface area contributed by atoms with Crippen LogP contribution in [0.5, 0.6) is 0 Å². The lowest BCUT2D eigenvalue weighted by Gasteiger charge is -2.26. The largest absolute Gasteiger partial charge is 0.379 e. The number of nitrogens with one attached hydrogen (secondary N) is 2. The quantitative estimate of drug-likeness (QED) is 0.418. The molecule has 11 heteroatoms. The predicted molar refractivity (Wildman–Crippen MR) is 108 cm³/mol. The Morgan fingerprint density at radius 1 is 1.21 bits per heavy atom. The Labute approximate surface area is 175 Å². The summed E-state index contributed by atoms with van der Waals surface area (Å²) in [5, 5.41) is 2.59. The maximum Gasteiger partial charge on any atom is 0.253 e. The number of hydrogen-bond donors (Lipinski definition) is 2. The first-order chi connectivity index (χ1) is 13.8. The number of morpholine rings is 1. The summed E-state index contributed by atoms with van der Waals surface area (Å²) in [6, 6.07) is 4.19. The second-order valence-corrected chi connectivity index (χ2v) is 8.79. The van der Waals surface area contributed by atoms with E-state index in [-0.39, 0.29) is 34.6 Å². The molecule has 162 valence electrons. The summed E-state index contributed by atoms with van der Waals surface area (Å²) in [7, 11) is -3.81. The van der Waals surface area contributed by atoms with Gasteiger partial charge in [-0.05, 0) is 24.6 Å². The Kier molecular flexibility index (Phi) is 9.31. The number of ether oxygens (including phenoxy) is 1. The first kappa shape index (κ1) is 23.6. The van der Waals surface area contributed by atoms with Crippen molar-refractivity contribution < 1.29 is 27.6 Å². The number of amides is 2. The van der Waals surface area contributed by atoms with Gasteiger partial charge in [0, 0.05) is 25.2 Å². The number of nitrogens with zero attached hydrogens (tertiary/aromatic N) is 1. The Morgan fingerprint density at radius 3 is 2.62 bits per heavy atom. The standard InChI is InChI=1S/C18H26ClN3O6S/c1-2-3-4-5-17(23)21-28-13-18(24)20-14-6-7-15(19)16(12-14)29(25,26)22-8-10-27-11-9-22/h6-7,12H,2-5,8-11,13H2,1H3,(H,20,24)(H,21,23). The van der Waals surface area contributed by atoms with Crippen molar-refractivity contribution >= 4 is 39.1 Å². The molecule has 1 aliphatic rings. The van der Waals surface area contributed by atoms with Crippen LogP contribution >= 0.6 is 11.6 Å². The molecule has 0 aromatic heterocycles. The van der Waals surface area contributed by atoms with Crippen LogP contribution in [0.15, 0.2) is 23.1 Å². The summed E-state index contributed by atoms with van der Waals surface area (Å²) in [5.74, 6) is -0.840. The molecule has 2 rings (SSSR count). The average molecular weight is 448 g/mol. The summed E-state index contributed by atoms with van der Waals surface area (Å²) in [5.41, 5.74) is 2.46. The molecular weight excluding hydrogens is 422 g/mol. The molecule has 1 fully saturated rings. The van der Waals surface area contributed by atoms with Gasteiger partial charge >= 0.3 is 0 Å². The average Bonchev–Trinajstić information content (AvgIpc) is 2.70. The summed E-state index contributed by atoms with van der Waals surface area (Å²) in [6.45, 7) is 2.73. The van der Waals surface area contributed by atoms with Crippen LogP contribution in [0.2, 0.25) is 5.02 Å². The highest BCUT2D eigenvalue weighted by molar-refractivity contribution is 7.89. The molecule has 0 atom stereocenters. The van der Waals surface area contributed by atoms with Crippen molar-refractivity contribution in [3.8, 4) is 0 Å². The van der Waals surface area contributed by atoms with Gasteiger partial charge in [0.25, 0.3) is 5.91 Å². The van der Waals surface area contributed by atoms with Gasteiger partial charge in [0.15, 0.2) is 6.61 Å². The van der Waals surface area contributed by atoms with Crippen molar-refractivity contribution in [1.29, 1.82) is 0 Å². The highest BCUT2D eigenvalue weighted by atomic mass is 35.5. The van der Waals surface area contributed by atoms with Gasteiger partial charge < -0.3 is 10.1 Å². The molecule has 0 spiro atoms. The number of sulfonamides is 1. The SMILES string of the molecule is CCCCCC(=O)NOCC(=O)Nc1ccc(Cl)c(S(=O)(=O)N2CCOCC2)c1. The molecule has 0 bridgehead atoms. The summed E-state index contributed by atoms with van der Waals surface area (Å²) in [4.78, 5) is 28.3. The third-order valence-electron chi connectivity index (χ3n) is 4.20. The second kappa shape index (κ2) is 11.5. The third-order valence-corrected chi connectivity index (χ3v) is 6.58. The number of hydroxylamine groups is 1.